The van der Waals surface area contributed by atoms with E-state index in [1.54, 1.807) is 0 Å². The molecule has 6 heteroatoms. The first-order chi connectivity index (χ1) is 15.1. The smallest absolute Gasteiger partial charge is 0.192 e. The maximum atomic E-state index is 4.81. The van der Waals surface area contributed by atoms with Crippen LogP contribution in [0.4, 0.5) is 0 Å². The highest BCUT2D eigenvalue weighted by atomic mass is 15.3. The molecule has 3 aromatic carbocycles. The molecule has 6 nitrogen and oxygen atoms in total. The van der Waals surface area contributed by atoms with Crippen LogP contribution in [0.3, 0.4) is 0 Å². The summed E-state index contributed by atoms with van der Waals surface area (Å²) in [4.78, 5) is 4.81. The van der Waals surface area contributed by atoms with Gasteiger partial charge in [-0.15, -0.1) is 10.2 Å². The highest BCUT2D eigenvalue weighted by Crippen LogP contribution is 2.20. The quantitative estimate of drug-likeness (QED) is 0.367. The second-order valence-corrected chi connectivity index (χ2v) is 7.70. The molecule has 31 heavy (non-hydrogen) atoms. The topological polar surface area (TPSA) is 67.1 Å². The number of aryl methyl sites for hydroxylation is 1. The highest BCUT2D eigenvalue weighted by Gasteiger charge is 2.11. The number of aliphatic imine (C=N–C) groups is 1. The minimum absolute atomic E-state index is 0.0906. The first-order valence-corrected chi connectivity index (χ1v) is 10.5. The summed E-state index contributed by atoms with van der Waals surface area (Å²) in [6, 6.07) is 25.3. The molecular weight excluding hydrogens is 384 g/mol. The highest BCUT2D eigenvalue weighted by molar-refractivity contribution is 5.84. The van der Waals surface area contributed by atoms with Crippen LogP contribution in [-0.4, -0.2) is 20.7 Å². The van der Waals surface area contributed by atoms with Crippen LogP contribution in [0.25, 0.3) is 10.8 Å². The minimum Gasteiger partial charge on any atom is -0.350 e. The van der Waals surface area contributed by atoms with E-state index >= 15 is 0 Å². The van der Waals surface area contributed by atoms with Gasteiger partial charge in [-0.1, -0.05) is 66.7 Å². The van der Waals surface area contributed by atoms with E-state index in [0.717, 1.165) is 23.2 Å². The molecule has 1 unspecified atom stereocenters. The van der Waals surface area contributed by atoms with Crippen LogP contribution in [0.5, 0.6) is 0 Å². The van der Waals surface area contributed by atoms with Gasteiger partial charge in [0.15, 0.2) is 11.8 Å². The predicted molar refractivity (Wildman–Crippen MR) is 126 cm³/mol. The number of benzene rings is 3. The van der Waals surface area contributed by atoms with Crippen molar-refractivity contribution < 1.29 is 0 Å². The second kappa shape index (κ2) is 9.43. The first-order valence-electron chi connectivity index (χ1n) is 10.5. The van der Waals surface area contributed by atoms with E-state index in [4.69, 9.17) is 4.99 Å². The molecule has 0 aliphatic carbocycles. The average Bonchev–Trinajstić information content (AvgIpc) is 3.13. The van der Waals surface area contributed by atoms with Gasteiger partial charge in [0.2, 0.25) is 0 Å². The van der Waals surface area contributed by atoms with Crippen LogP contribution in [0, 0.1) is 6.92 Å². The van der Waals surface area contributed by atoms with Gasteiger partial charge in [0.25, 0.3) is 0 Å². The van der Waals surface area contributed by atoms with Gasteiger partial charge < -0.3 is 15.2 Å². The Bertz CT molecular complexity index is 1180. The van der Waals surface area contributed by atoms with Gasteiger partial charge in [0.05, 0.1) is 19.1 Å². The fourth-order valence-electron chi connectivity index (χ4n) is 3.44. The summed E-state index contributed by atoms with van der Waals surface area (Å²) in [5, 5.41) is 17.8. The minimum atomic E-state index is 0.0906. The number of aromatic nitrogens is 3. The molecular formula is C25H28N6. The van der Waals surface area contributed by atoms with Gasteiger partial charge in [0.1, 0.15) is 5.82 Å². The third-order valence-electron chi connectivity index (χ3n) is 5.49. The molecule has 2 N–H and O–H groups in total. The molecule has 0 aliphatic heterocycles. The van der Waals surface area contributed by atoms with E-state index in [0.29, 0.717) is 13.1 Å². The van der Waals surface area contributed by atoms with Crippen molar-refractivity contribution in [2.75, 3.05) is 0 Å². The van der Waals surface area contributed by atoms with Crippen molar-refractivity contribution in [2.45, 2.75) is 33.0 Å². The molecule has 4 rings (SSSR count). The molecule has 1 aromatic heterocycles. The van der Waals surface area contributed by atoms with Crippen LogP contribution < -0.4 is 10.6 Å². The Morgan fingerprint density at radius 2 is 1.71 bits per heavy atom. The molecule has 0 spiro atoms. The van der Waals surface area contributed by atoms with Crippen molar-refractivity contribution in [1.29, 1.82) is 0 Å². The second-order valence-electron chi connectivity index (χ2n) is 7.70. The Balaban J connectivity index is 1.52. The summed E-state index contributed by atoms with van der Waals surface area (Å²) in [7, 11) is 1.97. The van der Waals surface area contributed by atoms with E-state index < -0.39 is 0 Å². The molecule has 0 amide bonds. The maximum absolute atomic E-state index is 4.81. The molecule has 1 heterocycles. The third-order valence-corrected chi connectivity index (χ3v) is 5.49. The third kappa shape index (κ3) is 5.09. The molecule has 0 saturated carbocycles. The summed E-state index contributed by atoms with van der Waals surface area (Å²) in [6.45, 7) is 5.23. The number of nitrogens with zero attached hydrogens (tertiary/aromatic N) is 4. The molecule has 0 saturated heterocycles. The van der Waals surface area contributed by atoms with Crippen molar-refractivity contribution >= 4 is 16.7 Å². The average molecular weight is 413 g/mol. The SMILES string of the molecule is Cc1nnc(CNC(=NCc2ccccc2)NC(C)c2ccc3ccccc3c2)n1C. The standard InChI is InChI=1S/C25H28N6/c1-18(22-14-13-21-11-7-8-12-23(21)15-22)28-25(26-16-20-9-5-4-6-10-20)27-17-24-30-29-19(2)31(24)3/h4-15,18H,16-17H2,1-3H3,(H2,26,27,28). The lowest BCUT2D eigenvalue weighted by Gasteiger charge is -2.19. The van der Waals surface area contributed by atoms with E-state index in [-0.39, 0.29) is 6.04 Å². The number of hydrogen-bond donors (Lipinski definition) is 2. The summed E-state index contributed by atoms with van der Waals surface area (Å²) >= 11 is 0. The zero-order valence-corrected chi connectivity index (χ0v) is 18.2. The van der Waals surface area contributed by atoms with Gasteiger partial charge >= 0.3 is 0 Å². The Kier molecular flexibility index (Phi) is 6.26. The maximum Gasteiger partial charge on any atom is 0.192 e. The van der Waals surface area contributed by atoms with Crippen molar-refractivity contribution in [2.24, 2.45) is 12.0 Å². The van der Waals surface area contributed by atoms with Crippen molar-refractivity contribution in [3.8, 4) is 0 Å². The summed E-state index contributed by atoms with van der Waals surface area (Å²) in [6.07, 6.45) is 0. The lowest BCUT2D eigenvalue weighted by molar-refractivity contribution is 0.664. The lowest BCUT2D eigenvalue weighted by atomic mass is 10.0. The van der Waals surface area contributed by atoms with Crippen LogP contribution in [0.15, 0.2) is 77.8 Å². The number of rotatable bonds is 6. The normalized spacial score (nSPS) is 12.7. The van der Waals surface area contributed by atoms with E-state index in [2.05, 4.69) is 82.4 Å². The Morgan fingerprint density at radius 1 is 0.968 bits per heavy atom. The van der Waals surface area contributed by atoms with Crippen molar-refractivity contribution in [3.63, 3.8) is 0 Å². The van der Waals surface area contributed by atoms with E-state index in [1.165, 1.54) is 16.3 Å². The van der Waals surface area contributed by atoms with Gasteiger partial charge in [0, 0.05) is 7.05 Å². The Morgan fingerprint density at radius 3 is 2.45 bits per heavy atom. The molecule has 0 bridgehead atoms. The van der Waals surface area contributed by atoms with Crippen molar-refractivity contribution in [1.82, 2.24) is 25.4 Å². The first kappa shape index (κ1) is 20.6. The largest absolute Gasteiger partial charge is 0.350 e. The molecule has 1 atom stereocenters. The van der Waals surface area contributed by atoms with E-state index in [9.17, 15) is 0 Å². The zero-order valence-electron chi connectivity index (χ0n) is 18.2. The fourth-order valence-corrected chi connectivity index (χ4v) is 3.44. The van der Waals surface area contributed by atoms with Crippen LogP contribution >= 0.6 is 0 Å². The number of hydrogen-bond acceptors (Lipinski definition) is 3. The number of nitrogens with one attached hydrogen (secondary N) is 2. The molecule has 0 fully saturated rings. The predicted octanol–water partition coefficient (Wildman–Crippen LogP) is 4.27. The van der Waals surface area contributed by atoms with Crippen LogP contribution in [-0.2, 0) is 20.1 Å². The van der Waals surface area contributed by atoms with Gasteiger partial charge in [-0.05, 0) is 41.8 Å². The Labute approximate surface area is 183 Å². The molecule has 4 aromatic rings. The van der Waals surface area contributed by atoms with Gasteiger partial charge in [-0.25, -0.2) is 4.99 Å². The fraction of sp³-hybridized carbons (Fsp3) is 0.240. The summed E-state index contributed by atoms with van der Waals surface area (Å²) in [5.74, 6) is 2.49. The lowest BCUT2D eigenvalue weighted by Crippen LogP contribution is -2.39. The number of fused-ring (bicyclic) bond motifs is 1. The van der Waals surface area contributed by atoms with Crippen LogP contribution in [0.1, 0.15) is 35.7 Å². The summed E-state index contributed by atoms with van der Waals surface area (Å²) < 4.78 is 1.98. The van der Waals surface area contributed by atoms with Crippen LogP contribution in [0.2, 0.25) is 0 Å². The zero-order chi connectivity index (χ0) is 21.6. The van der Waals surface area contributed by atoms with E-state index in [1.807, 2.05) is 36.7 Å². The molecule has 158 valence electrons. The number of guanidine groups is 1. The monoisotopic (exact) mass is 412 g/mol. The Hall–Kier alpha value is -3.67. The molecule has 0 aliphatic rings. The van der Waals surface area contributed by atoms with Crippen molar-refractivity contribution in [3.05, 3.63) is 95.6 Å². The molecule has 0 radical (unpaired) electrons. The summed E-state index contributed by atoms with van der Waals surface area (Å²) in [5.41, 5.74) is 2.37. The van der Waals surface area contributed by atoms with Gasteiger partial charge in [-0.3, -0.25) is 0 Å². The van der Waals surface area contributed by atoms with Gasteiger partial charge in [-0.2, -0.15) is 0 Å².